The molecule has 140 valence electrons. The number of hydrogen-bond acceptors (Lipinski definition) is 2. The zero-order chi connectivity index (χ0) is 19.4. The molecule has 0 aliphatic carbocycles. The zero-order valence-corrected chi connectivity index (χ0v) is 18.8. The highest BCUT2D eigenvalue weighted by Gasteiger charge is 2.39. The van der Waals surface area contributed by atoms with Gasteiger partial charge in [-0.1, -0.05) is 67.0 Å². The number of halogens is 1. The normalized spacial score (nSPS) is 13.3. The number of carbonyl (C=O) groups is 1. The third-order valence-corrected chi connectivity index (χ3v) is 9.98. The summed E-state index contributed by atoms with van der Waals surface area (Å²) in [4.78, 5) is 12.4. The second kappa shape index (κ2) is 8.50. The molecule has 3 nitrogen and oxygen atoms in total. The van der Waals surface area contributed by atoms with Gasteiger partial charge < -0.3 is 9.74 Å². The van der Waals surface area contributed by atoms with Crippen LogP contribution < -0.4 is 5.32 Å². The molecule has 0 saturated heterocycles. The Hall–Kier alpha value is -1.43. The summed E-state index contributed by atoms with van der Waals surface area (Å²) in [6.07, 6.45) is -0.170. The van der Waals surface area contributed by atoms with Crippen molar-refractivity contribution in [2.45, 2.75) is 45.0 Å². The molecule has 2 aromatic carbocycles. The Morgan fingerprint density at radius 1 is 1.08 bits per heavy atom. The van der Waals surface area contributed by atoms with Gasteiger partial charge in [-0.25, -0.2) is 0 Å². The van der Waals surface area contributed by atoms with Gasteiger partial charge >= 0.3 is 0 Å². The van der Waals surface area contributed by atoms with Crippen LogP contribution in [0.1, 0.15) is 42.8 Å². The maximum atomic E-state index is 12.4. The third kappa shape index (κ3) is 5.53. The average Bonchev–Trinajstić information content (AvgIpc) is 2.59. The number of carbonyl (C=O) groups excluding carboxylic acids is 1. The summed E-state index contributed by atoms with van der Waals surface area (Å²) in [6.45, 7) is 11.6. The van der Waals surface area contributed by atoms with Crippen LogP contribution in [-0.2, 0) is 4.43 Å². The van der Waals surface area contributed by atoms with E-state index in [1.165, 1.54) is 0 Å². The van der Waals surface area contributed by atoms with Gasteiger partial charge in [0.1, 0.15) is 0 Å². The maximum Gasteiger partial charge on any atom is 0.251 e. The van der Waals surface area contributed by atoms with Crippen LogP contribution >= 0.6 is 15.9 Å². The lowest BCUT2D eigenvalue weighted by molar-refractivity contribution is 0.0921. The number of nitrogens with one attached hydrogen (secondary N) is 1. The van der Waals surface area contributed by atoms with E-state index in [1.54, 1.807) is 0 Å². The standard InChI is InChI=1S/C21H28BrNO2Si/c1-21(2,3)26(4,5)25-19(16-11-13-18(22)14-12-16)15-23-20(24)17-9-7-6-8-10-17/h6-14,19H,15H2,1-5H3,(H,23,24). The number of rotatable bonds is 6. The molecule has 2 rings (SSSR count). The van der Waals surface area contributed by atoms with E-state index in [1.807, 2.05) is 42.5 Å². The Morgan fingerprint density at radius 2 is 1.65 bits per heavy atom. The van der Waals surface area contributed by atoms with Crippen molar-refractivity contribution in [3.63, 3.8) is 0 Å². The van der Waals surface area contributed by atoms with Crippen LogP contribution in [0, 0.1) is 0 Å². The molecule has 2 aromatic rings. The van der Waals surface area contributed by atoms with Crippen molar-refractivity contribution >= 4 is 30.2 Å². The van der Waals surface area contributed by atoms with Crippen molar-refractivity contribution in [2.24, 2.45) is 0 Å². The molecule has 0 aliphatic heterocycles. The van der Waals surface area contributed by atoms with Gasteiger partial charge in [0.2, 0.25) is 0 Å². The molecule has 0 saturated carbocycles. The molecule has 1 amide bonds. The van der Waals surface area contributed by atoms with Gasteiger partial charge in [0.05, 0.1) is 6.10 Å². The van der Waals surface area contributed by atoms with Gasteiger partial charge in [0.25, 0.3) is 5.91 Å². The Bertz CT molecular complexity index is 724. The molecule has 0 spiro atoms. The summed E-state index contributed by atoms with van der Waals surface area (Å²) in [5.74, 6) is -0.0773. The van der Waals surface area contributed by atoms with Crippen LogP contribution in [0.5, 0.6) is 0 Å². The fraction of sp³-hybridized carbons (Fsp3) is 0.381. The summed E-state index contributed by atoms with van der Waals surface area (Å²) in [5, 5.41) is 3.13. The van der Waals surface area contributed by atoms with E-state index in [2.05, 4.69) is 67.2 Å². The Balaban J connectivity index is 2.18. The van der Waals surface area contributed by atoms with Crippen molar-refractivity contribution in [3.8, 4) is 0 Å². The molecule has 1 atom stereocenters. The van der Waals surface area contributed by atoms with Crippen molar-refractivity contribution < 1.29 is 9.22 Å². The maximum absolute atomic E-state index is 12.4. The van der Waals surface area contributed by atoms with E-state index in [-0.39, 0.29) is 17.0 Å². The Labute approximate surface area is 166 Å². The first-order valence-electron chi connectivity index (χ1n) is 8.87. The smallest absolute Gasteiger partial charge is 0.251 e. The Morgan fingerprint density at radius 3 is 2.19 bits per heavy atom. The molecule has 1 N–H and O–H groups in total. The van der Waals surface area contributed by atoms with Gasteiger partial charge in [-0.05, 0) is 48.0 Å². The SMILES string of the molecule is CC(C)(C)[Si](C)(C)OC(CNC(=O)c1ccccc1)c1ccc(Br)cc1. The highest BCUT2D eigenvalue weighted by molar-refractivity contribution is 9.10. The summed E-state index contributed by atoms with van der Waals surface area (Å²) < 4.78 is 7.65. The third-order valence-electron chi connectivity index (χ3n) is 4.97. The fourth-order valence-corrected chi connectivity index (χ4v) is 3.86. The first-order chi connectivity index (χ1) is 12.1. The molecule has 0 heterocycles. The van der Waals surface area contributed by atoms with Crippen LogP contribution in [0.25, 0.3) is 0 Å². The van der Waals surface area contributed by atoms with Crippen molar-refractivity contribution in [1.29, 1.82) is 0 Å². The molecular weight excluding hydrogens is 406 g/mol. The van der Waals surface area contributed by atoms with E-state index in [4.69, 9.17) is 4.43 Å². The number of hydrogen-bond donors (Lipinski definition) is 1. The molecule has 0 fully saturated rings. The van der Waals surface area contributed by atoms with Crippen molar-refractivity contribution in [2.75, 3.05) is 6.54 Å². The highest BCUT2D eigenvalue weighted by atomic mass is 79.9. The highest BCUT2D eigenvalue weighted by Crippen LogP contribution is 2.39. The summed E-state index contributed by atoms with van der Waals surface area (Å²) >= 11 is 3.48. The van der Waals surface area contributed by atoms with Crippen LogP contribution in [0.15, 0.2) is 59.1 Å². The first-order valence-corrected chi connectivity index (χ1v) is 12.6. The molecule has 0 aromatic heterocycles. The molecule has 26 heavy (non-hydrogen) atoms. The van der Waals surface area contributed by atoms with E-state index < -0.39 is 8.32 Å². The van der Waals surface area contributed by atoms with E-state index in [9.17, 15) is 4.79 Å². The predicted molar refractivity (Wildman–Crippen MR) is 114 cm³/mol. The topological polar surface area (TPSA) is 38.3 Å². The van der Waals surface area contributed by atoms with Gasteiger partial charge in [-0.3, -0.25) is 4.79 Å². The molecule has 0 aliphatic rings. The van der Waals surface area contributed by atoms with Crippen LogP contribution in [0.3, 0.4) is 0 Å². The van der Waals surface area contributed by atoms with Crippen molar-refractivity contribution in [1.82, 2.24) is 5.32 Å². The minimum absolute atomic E-state index is 0.0773. The number of benzene rings is 2. The monoisotopic (exact) mass is 433 g/mol. The van der Waals surface area contributed by atoms with Crippen LogP contribution in [-0.4, -0.2) is 20.8 Å². The van der Waals surface area contributed by atoms with E-state index in [0.29, 0.717) is 12.1 Å². The van der Waals surface area contributed by atoms with Gasteiger partial charge in [0.15, 0.2) is 8.32 Å². The number of amides is 1. The summed E-state index contributed by atoms with van der Waals surface area (Å²) in [7, 11) is -1.98. The zero-order valence-electron chi connectivity index (χ0n) is 16.2. The minimum atomic E-state index is -1.98. The molecule has 0 radical (unpaired) electrons. The summed E-state index contributed by atoms with van der Waals surface area (Å²) in [5.41, 5.74) is 1.74. The molecule has 5 heteroatoms. The average molecular weight is 434 g/mol. The summed E-state index contributed by atoms with van der Waals surface area (Å²) in [6, 6.07) is 17.4. The lowest BCUT2D eigenvalue weighted by Crippen LogP contribution is -2.44. The molecule has 1 unspecified atom stereocenters. The van der Waals surface area contributed by atoms with Gasteiger partial charge in [0, 0.05) is 16.6 Å². The second-order valence-electron chi connectivity index (χ2n) is 7.99. The van der Waals surface area contributed by atoms with Gasteiger partial charge in [-0.2, -0.15) is 0 Å². The molecule has 0 bridgehead atoms. The largest absolute Gasteiger partial charge is 0.408 e. The van der Waals surface area contributed by atoms with Crippen LogP contribution in [0.4, 0.5) is 0 Å². The van der Waals surface area contributed by atoms with E-state index >= 15 is 0 Å². The predicted octanol–water partition coefficient (Wildman–Crippen LogP) is 5.94. The Kier molecular flexibility index (Phi) is 6.83. The first kappa shape index (κ1) is 20.9. The van der Waals surface area contributed by atoms with Gasteiger partial charge in [-0.15, -0.1) is 0 Å². The quantitative estimate of drug-likeness (QED) is 0.572. The van der Waals surface area contributed by atoms with Crippen LogP contribution in [0.2, 0.25) is 18.1 Å². The lowest BCUT2D eigenvalue weighted by Gasteiger charge is -2.39. The second-order valence-corrected chi connectivity index (χ2v) is 13.7. The minimum Gasteiger partial charge on any atom is -0.408 e. The fourth-order valence-electron chi connectivity index (χ4n) is 2.31. The molecular formula is C21H28BrNO2Si. The lowest BCUT2D eigenvalue weighted by atomic mass is 10.1. The van der Waals surface area contributed by atoms with E-state index in [0.717, 1.165) is 10.0 Å². The van der Waals surface area contributed by atoms with Crippen molar-refractivity contribution in [3.05, 3.63) is 70.2 Å².